The summed E-state index contributed by atoms with van der Waals surface area (Å²) in [6, 6.07) is 18.6. The molecule has 0 aliphatic rings. The van der Waals surface area contributed by atoms with Crippen LogP contribution in [0.2, 0.25) is 0 Å². The van der Waals surface area contributed by atoms with Crippen LogP contribution < -0.4 is 15.2 Å². The molecule has 0 radical (unpaired) electrons. The van der Waals surface area contributed by atoms with Gasteiger partial charge in [0.05, 0.1) is 40.4 Å². The number of halogens is 1. The highest BCUT2D eigenvalue weighted by Crippen LogP contribution is 2.26. The van der Waals surface area contributed by atoms with Crippen LogP contribution in [0.4, 0.5) is 20.7 Å². The van der Waals surface area contributed by atoms with Gasteiger partial charge in [0.25, 0.3) is 5.88 Å². The summed E-state index contributed by atoms with van der Waals surface area (Å²) >= 11 is 0. The first-order chi connectivity index (χ1) is 17.5. The van der Waals surface area contributed by atoms with Crippen molar-refractivity contribution < 1.29 is 14.0 Å². The molecular weight excluding hydrogens is 461 g/mol. The lowest BCUT2D eigenvalue weighted by atomic mass is 10.1. The number of pyridine rings is 1. The van der Waals surface area contributed by atoms with Gasteiger partial charge in [0, 0.05) is 12.1 Å². The summed E-state index contributed by atoms with van der Waals surface area (Å²) in [5.41, 5.74) is 2.23. The molecule has 2 aromatic carbocycles. The highest BCUT2D eigenvalue weighted by Gasteiger charge is 2.23. The molecular formula is C26H22FN7O2. The summed E-state index contributed by atoms with van der Waals surface area (Å²) in [5.74, 6) is 0.0898. The molecule has 1 N–H and O–H groups in total. The second kappa shape index (κ2) is 9.79. The number of nitrogens with zero attached hydrogens (tertiary/aromatic N) is 6. The van der Waals surface area contributed by atoms with E-state index in [-0.39, 0.29) is 11.8 Å². The minimum absolute atomic E-state index is 0.0669. The molecule has 0 aliphatic carbocycles. The molecule has 2 amide bonds. The van der Waals surface area contributed by atoms with E-state index < -0.39 is 11.8 Å². The molecule has 5 rings (SSSR count). The normalized spacial score (nSPS) is 11.0. The Labute approximate surface area is 206 Å². The van der Waals surface area contributed by atoms with E-state index in [1.54, 1.807) is 30.3 Å². The van der Waals surface area contributed by atoms with Crippen molar-refractivity contribution in [3.05, 3.63) is 97.0 Å². The van der Waals surface area contributed by atoms with Crippen LogP contribution in [0.1, 0.15) is 25.5 Å². The van der Waals surface area contributed by atoms with Crippen LogP contribution in [0, 0.1) is 5.82 Å². The summed E-state index contributed by atoms with van der Waals surface area (Å²) in [6.07, 6.45) is 3.94. The molecule has 0 aliphatic heterocycles. The fraction of sp³-hybridized carbons (Fsp3) is 0.115. The van der Waals surface area contributed by atoms with Crippen molar-refractivity contribution in [1.82, 2.24) is 24.7 Å². The number of urea groups is 1. The van der Waals surface area contributed by atoms with E-state index in [1.807, 2.05) is 44.2 Å². The number of para-hydroxylation sites is 2. The molecule has 0 fully saturated rings. The predicted octanol–water partition coefficient (Wildman–Crippen LogP) is 5.51. The Balaban J connectivity index is 1.53. The number of carbonyl (C=O) groups is 1. The summed E-state index contributed by atoms with van der Waals surface area (Å²) in [7, 11) is 0. The van der Waals surface area contributed by atoms with Crippen molar-refractivity contribution in [3.63, 3.8) is 0 Å². The number of hydroxylamine groups is 1. The van der Waals surface area contributed by atoms with Crippen LogP contribution in [0.25, 0.3) is 16.6 Å². The molecule has 0 saturated heterocycles. The standard InChI is InChI=1S/C26H22FN7O2/c1-17(2)23-13-24(33(32-23)20-12-18(27)14-28-15-20)31-26(35)34(19-8-4-3-5-9-19)36-25-21-10-6-7-11-22(21)29-16-30-25/h3-17H,1-2H3,(H,31,35). The summed E-state index contributed by atoms with van der Waals surface area (Å²) < 4.78 is 15.3. The first-order valence-electron chi connectivity index (χ1n) is 11.2. The minimum Gasteiger partial charge on any atom is -0.349 e. The van der Waals surface area contributed by atoms with Crippen LogP contribution in [-0.2, 0) is 0 Å². The second-order valence-corrected chi connectivity index (χ2v) is 8.23. The van der Waals surface area contributed by atoms with Gasteiger partial charge in [0.2, 0.25) is 0 Å². The SMILES string of the molecule is CC(C)c1cc(NC(=O)N(Oc2ncnc3ccccc23)c2ccccc2)n(-c2cncc(F)c2)n1. The van der Waals surface area contributed by atoms with E-state index in [4.69, 9.17) is 4.84 Å². The topological polar surface area (TPSA) is 98.1 Å². The maximum atomic E-state index is 13.9. The molecule has 10 heteroatoms. The van der Waals surface area contributed by atoms with E-state index in [0.717, 1.165) is 11.3 Å². The zero-order valence-electron chi connectivity index (χ0n) is 19.5. The maximum absolute atomic E-state index is 13.9. The number of nitrogens with one attached hydrogen (secondary N) is 1. The monoisotopic (exact) mass is 483 g/mol. The van der Waals surface area contributed by atoms with Crippen LogP contribution in [-0.4, -0.2) is 30.8 Å². The molecule has 0 spiro atoms. The minimum atomic E-state index is -0.607. The fourth-order valence-corrected chi connectivity index (χ4v) is 3.56. The first kappa shape index (κ1) is 22.9. The van der Waals surface area contributed by atoms with E-state index in [0.29, 0.717) is 33.8 Å². The lowest BCUT2D eigenvalue weighted by Crippen LogP contribution is -2.38. The molecule has 0 saturated carbocycles. The van der Waals surface area contributed by atoms with E-state index in [2.05, 4.69) is 25.4 Å². The number of hydrogen-bond donors (Lipinski definition) is 1. The first-order valence-corrected chi connectivity index (χ1v) is 11.2. The average molecular weight is 484 g/mol. The Morgan fingerprint density at radius 2 is 1.81 bits per heavy atom. The van der Waals surface area contributed by atoms with Gasteiger partial charge in [-0.05, 0) is 30.2 Å². The fourth-order valence-electron chi connectivity index (χ4n) is 3.56. The van der Waals surface area contributed by atoms with Gasteiger partial charge in [-0.1, -0.05) is 44.2 Å². The third-order valence-electron chi connectivity index (χ3n) is 5.35. The Bertz CT molecular complexity index is 1520. The van der Waals surface area contributed by atoms with Crippen LogP contribution >= 0.6 is 0 Å². The van der Waals surface area contributed by atoms with Crippen molar-refractivity contribution in [2.45, 2.75) is 19.8 Å². The quantitative estimate of drug-likeness (QED) is 0.320. The van der Waals surface area contributed by atoms with E-state index >= 15 is 0 Å². The van der Waals surface area contributed by atoms with Crippen molar-refractivity contribution in [3.8, 4) is 11.6 Å². The predicted molar refractivity (Wildman–Crippen MR) is 134 cm³/mol. The lowest BCUT2D eigenvalue weighted by Gasteiger charge is -2.22. The van der Waals surface area contributed by atoms with Gasteiger partial charge in [-0.3, -0.25) is 10.3 Å². The van der Waals surface area contributed by atoms with Crippen LogP contribution in [0.3, 0.4) is 0 Å². The smallest absolute Gasteiger partial charge is 0.349 e. The van der Waals surface area contributed by atoms with Gasteiger partial charge in [-0.2, -0.15) is 10.1 Å². The number of carbonyl (C=O) groups excluding carboxylic acids is 1. The highest BCUT2D eigenvalue weighted by atomic mass is 19.1. The Hall–Kier alpha value is -4.86. The van der Waals surface area contributed by atoms with Gasteiger partial charge >= 0.3 is 6.03 Å². The van der Waals surface area contributed by atoms with Gasteiger partial charge in [0.1, 0.15) is 18.0 Å². The highest BCUT2D eigenvalue weighted by molar-refractivity contribution is 6.00. The zero-order valence-corrected chi connectivity index (χ0v) is 19.5. The van der Waals surface area contributed by atoms with E-state index in [1.165, 1.54) is 23.3 Å². The number of benzene rings is 2. The Kier molecular flexibility index (Phi) is 6.23. The second-order valence-electron chi connectivity index (χ2n) is 8.23. The van der Waals surface area contributed by atoms with Gasteiger partial charge in [0.15, 0.2) is 0 Å². The molecule has 0 unspecified atom stereocenters. The molecule has 3 aromatic heterocycles. The Morgan fingerprint density at radius 1 is 1.03 bits per heavy atom. The molecule has 36 heavy (non-hydrogen) atoms. The molecule has 0 bridgehead atoms. The van der Waals surface area contributed by atoms with Gasteiger partial charge in [-0.15, -0.1) is 5.06 Å². The van der Waals surface area contributed by atoms with Crippen LogP contribution in [0.5, 0.6) is 5.88 Å². The lowest BCUT2D eigenvalue weighted by molar-refractivity contribution is 0.222. The molecule has 3 heterocycles. The van der Waals surface area contributed by atoms with Crippen molar-refractivity contribution >= 4 is 28.4 Å². The number of amides is 2. The largest absolute Gasteiger partial charge is 0.361 e. The number of rotatable bonds is 6. The summed E-state index contributed by atoms with van der Waals surface area (Å²) in [4.78, 5) is 32.0. The molecule has 9 nitrogen and oxygen atoms in total. The third kappa shape index (κ3) is 4.69. The average Bonchev–Trinajstić information content (AvgIpc) is 3.32. The number of anilines is 2. The summed E-state index contributed by atoms with van der Waals surface area (Å²) in [6.45, 7) is 3.95. The number of aromatic nitrogens is 5. The van der Waals surface area contributed by atoms with Crippen molar-refractivity contribution in [2.75, 3.05) is 10.4 Å². The summed E-state index contributed by atoms with van der Waals surface area (Å²) in [5, 5.41) is 9.13. The van der Waals surface area contributed by atoms with Gasteiger partial charge < -0.3 is 4.84 Å². The van der Waals surface area contributed by atoms with Crippen molar-refractivity contribution in [1.29, 1.82) is 0 Å². The molecule has 5 aromatic rings. The number of hydrogen-bond acceptors (Lipinski definition) is 6. The molecule has 0 atom stereocenters. The van der Waals surface area contributed by atoms with E-state index in [9.17, 15) is 9.18 Å². The zero-order chi connectivity index (χ0) is 25.1. The van der Waals surface area contributed by atoms with Crippen molar-refractivity contribution in [2.24, 2.45) is 0 Å². The van der Waals surface area contributed by atoms with Gasteiger partial charge in [-0.25, -0.2) is 18.9 Å². The molecule has 180 valence electrons. The third-order valence-corrected chi connectivity index (χ3v) is 5.35. The maximum Gasteiger partial charge on any atom is 0.361 e. The van der Waals surface area contributed by atoms with Crippen LogP contribution in [0.15, 0.2) is 85.5 Å². The Morgan fingerprint density at radius 3 is 2.58 bits per heavy atom. The number of fused-ring (bicyclic) bond motifs is 1.